The molecule has 0 saturated heterocycles. The summed E-state index contributed by atoms with van der Waals surface area (Å²) in [4.78, 5) is 11.9. The topological polar surface area (TPSA) is 41.1 Å². The van der Waals surface area contributed by atoms with Gasteiger partial charge in [0.05, 0.1) is 12.6 Å². The predicted molar refractivity (Wildman–Crippen MR) is 90.6 cm³/mol. The van der Waals surface area contributed by atoms with Crippen LogP contribution in [0, 0.1) is 15.2 Å². The third kappa shape index (κ3) is 4.40. The number of carbonyl (C=O) groups excluding carboxylic acids is 1. The largest absolute Gasteiger partial charge is 0.375 e. The minimum Gasteiger partial charge on any atom is -0.375 e. The number of anilines is 1. The molecular weight excluding hydrogens is 401 g/mol. The van der Waals surface area contributed by atoms with Gasteiger partial charge in [0.1, 0.15) is 11.6 Å². The molecule has 1 atom stereocenters. The highest BCUT2D eigenvalue weighted by Crippen LogP contribution is 2.18. The van der Waals surface area contributed by atoms with E-state index in [1.807, 2.05) is 24.3 Å². The van der Waals surface area contributed by atoms with E-state index in [2.05, 4.69) is 33.2 Å². The number of hydrogen-bond acceptors (Lipinski definition) is 2. The highest BCUT2D eigenvalue weighted by molar-refractivity contribution is 14.1. The van der Waals surface area contributed by atoms with Crippen LogP contribution in [0.25, 0.3) is 0 Å². The van der Waals surface area contributed by atoms with Crippen molar-refractivity contribution >= 4 is 34.2 Å². The lowest BCUT2D eigenvalue weighted by molar-refractivity contribution is -0.120. The molecule has 1 unspecified atom stereocenters. The van der Waals surface area contributed by atoms with Crippen molar-refractivity contribution in [3.8, 4) is 0 Å². The van der Waals surface area contributed by atoms with Gasteiger partial charge in [-0.05, 0) is 47.7 Å². The Bertz CT molecular complexity index is 679. The maximum absolute atomic E-state index is 13.6. The Morgan fingerprint density at radius 1 is 1.23 bits per heavy atom. The Morgan fingerprint density at radius 2 is 1.95 bits per heavy atom. The van der Waals surface area contributed by atoms with Gasteiger partial charge >= 0.3 is 0 Å². The monoisotopic (exact) mass is 416 g/mol. The van der Waals surface area contributed by atoms with Crippen LogP contribution in [0.3, 0.4) is 0 Å². The van der Waals surface area contributed by atoms with Crippen molar-refractivity contribution < 1.29 is 13.6 Å². The molecule has 0 radical (unpaired) electrons. The Hall–Kier alpha value is -1.70. The highest BCUT2D eigenvalue weighted by atomic mass is 127. The molecule has 0 fully saturated rings. The van der Waals surface area contributed by atoms with Crippen molar-refractivity contribution in [1.82, 2.24) is 5.32 Å². The lowest BCUT2D eigenvalue weighted by Crippen LogP contribution is -2.32. The van der Waals surface area contributed by atoms with E-state index in [1.54, 1.807) is 6.92 Å². The predicted octanol–water partition coefficient (Wildman–Crippen LogP) is 3.86. The zero-order chi connectivity index (χ0) is 16.1. The first-order valence-electron chi connectivity index (χ1n) is 6.70. The average molecular weight is 416 g/mol. The number of para-hydroxylation sites is 1. The Kier molecular flexibility index (Phi) is 5.70. The summed E-state index contributed by atoms with van der Waals surface area (Å²) < 4.78 is 27.5. The summed E-state index contributed by atoms with van der Waals surface area (Å²) in [6, 6.07) is 10.4. The van der Waals surface area contributed by atoms with Crippen molar-refractivity contribution in [3.63, 3.8) is 0 Å². The third-order valence-corrected chi connectivity index (χ3v) is 4.06. The molecule has 2 aromatic rings. The molecule has 0 bridgehead atoms. The van der Waals surface area contributed by atoms with E-state index < -0.39 is 17.7 Å². The number of rotatable bonds is 5. The summed E-state index contributed by atoms with van der Waals surface area (Å²) in [5.74, 6) is -1.57. The van der Waals surface area contributed by atoms with Gasteiger partial charge < -0.3 is 10.6 Å². The number of carbonyl (C=O) groups is 1. The number of halogens is 3. The van der Waals surface area contributed by atoms with Crippen molar-refractivity contribution in [2.24, 2.45) is 0 Å². The molecule has 0 aliphatic heterocycles. The lowest BCUT2D eigenvalue weighted by Gasteiger charge is -2.16. The van der Waals surface area contributed by atoms with Crippen LogP contribution >= 0.6 is 22.6 Å². The molecule has 0 aliphatic carbocycles. The van der Waals surface area contributed by atoms with Gasteiger partial charge in [0, 0.05) is 20.9 Å². The fourth-order valence-corrected chi connectivity index (χ4v) is 2.58. The standard InChI is InChI=1S/C16H15F2IN2O/c1-10(12-7-6-11(17)8-13(12)18)21-16(22)9-20-15-5-3-2-4-14(15)19/h2-8,10,20H,9H2,1H3,(H,21,22). The van der Waals surface area contributed by atoms with Crippen molar-refractivity contribution in [2.75, 3.05) is 11.9 Å². The molecule has 0 aliphatic rings. The van der Waals surface area contributed by atoms with Gasteiger partial charge in [-0.3, -0.25) is 4.79 Å². The third-order valence-electron chi connectivity index (χ3n) is 3.12. The molecule has 2 N–H and O–H groups in total. The number of benzene rings is 2. The molecule has 6 heteroatoms. The SMILES string of the molecule is CC(NC(=O)CNc1ccccc1I)c1ccc(F)cc1F. The molecule has 0 heterocycles. The molecule has 0 spiro atoms. The van der Waals surface area contributed by atoms with Gasteiger partial charge in [-0.15, -0.1) is 0 Å². The first-order chi connectivity index (χ1) is 10.5. The summed E-state index contributed by atoms with van der Waals surface area (Å²) >= 11 is 2.17. The molecule has 1 amide bonds. The van der Waals surface area contributed by atoms with Crippen LogP contribution in [0.5, 0.6) is 0 Å². The fraction of sp³-hybridized carbons (Fsp3) is 0.188. The summed E-state index contributed by atoms with van der Waals surface area (Å²) in [6.45, 7) is 1.73. The lowest BCUT2D eigenvalue weighted by atomic mass is 10.1. The van der Waals surface area contributed by atoms with Crippen LogP contribution in [0.15, 0.2) is 42.5 Å². The summed E-state index contributed by atoms with van der Waals surface area (Å²) in [6.07, 6.45) is 0. The van der Waals surface area contributed by atoms with E-state index in [0.717, 1.165) is 15.3 Å². The number of hydrogen-bond donors (Lipinski definition) is 2. The second-order valence-electron chi connectivity index (χ2n) is 4.79. The maximum atomic E-state index is 13.6. The Labute approximate surface area is 141 Å². The molecule has 0 aromatic heterocycles. The van der Waals surface area contributed by atoms with Crippen molar-refractivity contribution in [2.45, 2.75) is 13.0 Å². The average Bonchev–Trinajstić information content (AvgIpc) is 2.46. The Balaban J connectivity index is 1.93. The van der Waals surface area contributed by atoms with E-state index in [-0.39, 0.29) is 18.0 Å². The van der Waals surface area contributed by atoms with Gasteiger partial charge in [0.15, 0.2) is 0 Å². The molecule has 2 aromatic carbocycles. The molecule has 22 heavy (non-hydrogen) atoms. The van der Waals surface area contributed by atoms with Gasteiger partial charge in [0.2, 0.25) is 5.91 Å². The molecule has 3 nitrogen and oxygen atoms in total. The minimum atomic E-state index is -0.668. The number of nitrogens with one attached hydrogen (secondary N) is 2. The van der Waals surface area contributed by atoms with Crippen LogP contribution in [0.1, 0.15) is 18.5 Å². The van der Waals surface area contributed by atoms with E-state index in [1.165, 1.54) is 12.1 Å². The van der Waals surface area contributed by atoms with E-state index in [9.17, 15) is 13.6 Å². The highest BCUT2D eigenvalue weighted by Gasteiger charge is 2.14. The molecule has 0 saturated carbocycles. The minimum absolute atomic E-state index is 0.0766. The second-order valence-corrected chi connectivity index (χ2v) is 5.95. The fourth-order valence-electron chi connectivity index (χ4n) is 2.00. The zero-order valence-corrected chi connectivity index (χ0v) is 14.0. The smallest absolute Gasteiger partial charge is 0.239 e. The van der Waals surface area contributed by atoms with E-state index in [0.29, 0.717) is 0 Å². The quantitative estimate of drug-likeness (QED) is 0.728. The maximum Gasteiger partial charge on any atom is 0.239 e. The van der Waals surface area contributed by atoms with E-state index >= 15 is 0 Å². The van der Waals surface area contributed by atoms with Crippen LogP contribution in [-0.4, -0.2) is 12.5 Å². The summed E-state index contributed by atoms with van der Waals surface area (Å²) in [5.41, 5.74) is 1.11. The Morgan fingerprint density at radius 3 is 2.64 bits per heavy atom. The van der Waals surface area contributed by atoms with Gasteiger partial charge in [0.25, 0.3) is 0 Å². The first-order valence-corrected chi connectivity index (χ1v) is 7.78. The van der Waals surface area contributed by atoms with Crippen LogP contribution in [-0.2, 0) is 4.79 Å². The summed E-state index contributed by atoms with van der Waals surface area (Å²) in [5, 5.41) is 5.70. The van der Waals surface area contributed by atoms with Gasteiger partial charge in [-0.2, -0.15) is 0 Å². The normalized spacial score (nSPS) is 11.8. The molecular formula is C16H15F2IN2O. The molecule has 2 rings (SSSR count). The van der Waals surface area contributed by atoms with Gasteiger partial charge in [-0.25, -0.2) is 8.78 Å². The van der Waals surface area contributed by atoms with Crippen LogP contribution in [0.4, 0.5) is 14.5 Å². The zero-order valence-electron chi connectivity index (χ0n) is 11.9. The summed E-state index contributed by atoms with van der Waals surface area (Å²) in [7, 11) is 0. The van der Waals surface area contributed by atoms with Crippen LogP contribution in [0.2, 0.25) is 0 Å². The van der Waals surface area contributed by atoms with Gasteiger partial charge in [-0.1, -0.05) is 18.2 Å². The second kappa shape index (κ2) is 7.53. The molecule has 116 valence electrons. The first kappa shape index (κ1) is 16.7. The van der Waals surface area contributed by atoms with Crippen LogP contribution < -0.4 is 10.6 Å². The van der Waals surface area contributed by atoms with Crippen molar-refractivity contribution in [3.05, 3.63) is 63.2 Å². The van der Waals surface area contributed by atoms with E-state index in [4.69, 9.17) is 0 Å². The van der Waals surface area contributed by atoms with Crippen molar-refractivity contribution in [1.29, 1.82) is 0 Å². The number of amides is 1.